The van der Waals surface area contributed by atoms with Crippen LogP contribution in [0, 0.1) is 0 Å². The van der Waals surface area contributed by atoms with E-state index in [1.54, 1.807) is 7.11 Å². The number of hydrogen-bond donors (Lipinski definition) is 3. The van der Waals surface area contributed by atoms with Crippen LogP contribution >= 0.6 is 0 Å². The monoisotopic (exact) mass is 1640 g/mol. The smallest absolute Gasteiger partial charge is 0.305 e. The molecule has 117 heavy (non-hydrogen) atoms. The highest BCUT2D eigenvalue weighted by atomic mass is 16.5. The van der Waals surface area contributed by atoms with Gasteiger partial charge in [0.1, 0.15) is 32.5 Å². The summed E-state index contributed by atoms with van der Waals surface area (Å²) in [4.78, 5) is 123. The van der Waals surface area contributed by atoms with Crippen LogP contribution in [0.4, 0.5) is 0 Å². The summed E-state index contributed by atoms with van der Waals surface area (Å²) in [6.07, 6.45) is 82.7. The molecule has 1 atom stereocenters. The third-order valence-corrected chi connectivity index (χ3v) is 20.0. The van der Waals surface area contributed by atoms with Crippen LogP contribution in [0.3, 0.4) is 0 Å². The molecule has 0 fully saturated rings. The summed E-state index contributed by atoms with van der Waals surface area (Å²) in [7, 11) is 1.57. The van der Waals surface area contributed by atoms with Gasteiger partial charge in [-0.2, -0.15) is 0 Å². The highest BCUT2D eigenvalue weighted by molar-refractivity contribution is 5.90. The topological polar surface area (TPSA) is 252 Å². The minimum atomic E-state index is -1.29. The molecule has 3 N–H and O–H groups in total. The highest BCUT2D eigenvalue weighted by Crippen LogP contribution is 2.15. The molecule has 0 unspecified atom stereocenters. The third-order valence-electron chi connectivity index (χ3n) is 20.0. The SMILES string of the molecule is CCCCC/C=C\C/C=C\CCCCCCCC(=O)OCCN(CCOC(=O)CCCCCCC/C=C\C/C=C\CCCCC)C(=O)CCC(=O)NC[C@H](NC(=O)CCC(=O)N(CCOC(=O)CCCCCCC/C=C\C/C=C\CCCCC)CCOC(=O)CCCCCCC/C=C\C/C=C\CCCCC)C(=O)NCCCOCCOC. The summed E-state index contributed by atoms with van der Waals surface area (Å²) in [5.41, 5.74) is 0. The lowest BCUT2D eigenvalue weighted by Crippen LogP contribution is -2.53. The molecule has 5 amide bonds. The van der Waals surface area contributed by atoms with Crippen LogP contribution in [0.1, 0.15) is 368 Å². The number of ether oxygens (including phenoxy) is 6. The third kappa shape index (κ3) is 79.9. The van der Waals surface area contributed by atoms with Crippen molar-refractivity contribution < 1.29 is 71.6 Å². The molecule has 0 aliphatic rings. The number of amides is 5. The standard InChI is InChI=1S/C97H167N5O15/c1-6-10-14-18-22-26-30-34-38-42-46-50-54-58-62-67-93(107)114-81-76-101(77-82-115-94(108)68-63-59-55-51-47-43-39-35-31-27-23-19-15-11-7-2)91(105)73-71-89(103)99-87-88(97(111)98-75-66-80-113-86-85-112-5)100-90(104)72-74-92(106)102(78-83-116-95(109)69-64-60-56-52-48-44-40-36-32-28-24-20-16-12-8-3)79-84-117-96(110)70-65-61-57-53-49-45-41-37-33-29-25-21-17-13-9-4/h22-29,34-41,88H,6-21,30-33,42-87H2,1-5H3,(H,98,111)(H,99,103)(H,100,104)/b26-22-,27-23-,28-24-,29-25-,38-34-,39-35-,40-36-,41-37-/t88-/m0/s1. The van der Waals surface area contributed by atoms with Gasteiger partial charge in [0.15, 0.2) is 0 Å². The number of allylic oxidation sites excluding steroid dienone is 16. The Morgan fingerprint density at radius 3 is 0.863 bits per heavy atom. The maximum atomic E-state index is 14.0. The number of esters is 4. The molecule has 0 heterocycles. The van der Waals surface area contributed by atoms with Crippen LogP contribution in [0.25, 0.3) is 0 Å². The number of unbranched alkanes of at least 4 members (excludes halogenated alkanes) is 32. The number of rotatable bonds is 85. The van der Waals surface area contributed by atoms with Crippen molar-refractivity contribution in [2.45, 2.75) is 374 Å². The van der Waals surface area contributed by atoms with E-state index in [2.05, 4.69) is 141 Å². The molecule has 0 aliphatic carbocycles. The molecule has 0 aromatic rings. The number of hydrogen-bond acceptors (Lipinski definition) is 15. The summed E-state index contributed by atoms with van der Waals surface area (Å²) >= 11 is 0. The normalized spacial score (nSPS) is 12.1. The fourth-order valence-corrected chi connectivity index (χ4v) is 12.7. The molecule has 0 aliphatic heterocycles. The molecular formula is C97H167N5O15. The van der Waals surface area contributed by atoms with E-state index in [-0.39, 0.29) is 141 Å². The van der Waals surface area contributed by atoms with Gasteiger partial charge in [0, 0.05) is 78.2 Å². The summed E-state index contributed by atoms with van der Waals surface area (Å²) < 4.78 is 33.0. The van der Waals surface area contributed by atoms with Gasteiger partial charge in [-0.25, -0.2) is 0 Å². The number of carbonyl (C=O) groups is 9. The zero-order chi connectivity index (χ0) is 85.3. The lowest BCUT2D eigenvalue weighted by Gasteiger charge is -2.23. The van der Waals surface area contributed by atoms with E-state index in [4.69, 9.17) is 28.4 Å². The second-order valence-corrected chi connectivity index (χ2v) is 30.7. The van der Waals surface area contributed by atoms with Crippen LogP contribution < -0.4 is 16.0 Å². The lowest BCUT2D eigenvalue weighted by atomic mass is 10.1. The molecule has 20 heteroatoms. The van der Waals surface area contributed by atoms with E-state index in [0.717, 1.165) is 180 Å². The first-order valence-corrected chi connectivity index (χ1v) is 46.6. The first kappa shape index (κ1) is 110. The van der Waals surface area contributed by atoms with Crippen molar-refractivity contribution >= 4 is 53.4 Å². The average Bonchev–Trinajstić information content (AvgIpc) is 0.904. The van der Waals surface area contributed by atoms with Crippen molar-refractivity contribution in [2.75, 3.05) is 92.6 Å². The predicted octanol–water partition coefficient (Wildman–Crippen LogP) is 21.4. The van der Waals surface area contributed by atoms with Crippen molar-refractivity contribution in [1.82, 2.24) is 25.8 Å². The zero-order valence-corrected chi connectivity index (χ0v) is 74.5. The van der Waals surface area contributed by atoms with Crippen molar-refractivity contribution in [2.24, 2.45) is 0 Å². The van der Waals surface area contributed by atoms with Gasteiger partial charge in [-0.1, -0.05) is 253 Å². The number of methoxy groups -OCH3 is 1. The predicted molar refractivity (Wildman–Crippen MR) is 478 cm³/mol. The average molecular weight is 1640 g/mol. The van der Waals surface area contributed by atoms with Crippen molar-refractivity contribution in [1.29, 1.82) is 0 Å². The molecule has 0 spiro atoms. The molecular weight excluding hydrogens is 1480 g/mol. The Labute approximate surface area is 711 Å². The van der Waals surface area contributed by atoms with E-state index in [1.807, 2.05) is 0 Å². The Kier molecular flexibility index (Phi) is 83.1. The molecule has 0 rings (SSSR count). The van der Waals surface area contributed by atoms with Gasteiger partial charge in [-0.3, -0.25) is 43.2 Å². The molecule has 0 saturated carbocycles. The van der Waals surface area contributed by atoms with Gasteiger partial charge in [0.2, 0.25) is 29.5 Å². The van der Waals surface area contributed by atoms with Crippen LogP contribution in [-0.2, 0) is 71.6 Å². The first-order valence-electron chi connectivity index (χ1n) is 46.6. The summed E-state index contributed by atoms with van der Waals surface area (Å²) in [5.74, 6) is -4.23. The van der Waals surface area contributed by atoms with Gasteiger partial charge in [0.25, 0.3) is 0 Å². The quantitative estimate of drug-likeness (QED) is 0.0222. The van der Waals surface area contributed by atoms with E-state index >= 15 is 0 Å². The number of carbonyl (C=O) groups excluding carboxylic acids is 9. The van der Waals surface area contributed by atoms with E-state index in [9.17, 15) is 43.2 Å². The fourth-order valence-electron chi connectivity index (χ4n) is 12.7. The Morgan fingerprint density at radius 2 is 0.564 bits per heavy atom. The van der Waals surface area contributed by atoms with E-state index in [1.165, 1.54) is 86.8 Å². The Morgan fingerprint density at radius 1 is 0.282 bits per heavy atom. The van der Waals surface area contributed by atoms with Crippen molar-refractivity contribution in [3.8, 4) is 0 Å². The Balaban J connectivity index is 5.93. The summed E-state index contributed by atoms with van der Waals surface area (Å²) in [6, 6.07) is -1.29. The first-order chi connectivity index (χ1) is 57.3. The Bertz CT molecular complexity index is 2560. The van der Waals surface area contributed by atoms with Gasteiger partial charge in [-0.15, -0.1) is 0 Å². The lowest BCUT2D eigenvalue weighted by molar-refractivity contribution is -0.148. The molecule has 0 saturated heterocycles. The van der Waals surface area contributed by atoms with Crippen molar-refractivity contribution in [3.63, 3.8) is 0 Å². The van der Waals surface area contributed by atoms with Gasteiger partial charge >= 0.3 is 23.9 Å². The summed E-state index contributed by atoms with van der Waals surface area (Å²) in [6.45, 7) is 9.44. The van der Waals surface area contributed by atoms with Crippen LogP contribution in [0.15, 0.2) is 97.2 Å². The van der Waals surface area contributed by atoms with Gasteiger partial charge in [0.05, 0.1) is 39.4 Å². The van der Waals surface area contributed by atoms with Crippen LogP contribution in [0.2, 0.25) is 0 Å². The molecule has 0 radical (unpaired) electrons. The van der Waals surface area contributed by atoms with Gasteiger partial charge < -0.3 is 54.2 Å². The zero-order valence-electron chi connectivity index (χ0n) is 74.5. The van der Waals surface area contributed by atoms with Crippen molar-refractivity contribution in [3.05, 3.63) is 97.2 Å². The Hall–Kier alpha value is -6.93. The van der Waals surface area contributed by atoms with Crippen LogP contribution in [-0.4, -0.2) is 162 Å². The van der Waals surface area contributed by atoms with Gasteiger partial charge in [-0.05, 0) is 161 Å². The molecule has 0 aromatic carbocycles. The minimum absolute atomic E-state index is 0.00135. The second-order valence-electron chi connectivity index (χ2n) is 30.7. The maximum Gasteiger partial charge on any atom is 0.305 e. The molecule has 670 valence electrons. The fraction of sp³-hybridized carbons (Fsp3) is 0.742. The number of nitrogens with zero attached hydrogens (tertiary/aromatic N) is 2. The second kappa shape index (κ2) is 88.4. The van der Waals surface area contributed by atoms with Crippen LogP contribution in [0.5, 0.6) is 0 Å². The maximum absolute atomic E-state index is 14.0. The van der Waals surface area contributed by atoms with E-state index in [0.29, 0.717) is 51.9 Å². The molecule has 0 aromatic heterocycles. The minimum Gasteiger partial charge on any atom is -0.464 e. The van der Waals surface area contributed by atoms with E-state index < -0.39 is 35.6 Å². The summed E-state index contributed by atoms with van der Waals surface area (Å²) in [5, 5.41) is 8.18. The molecule has 0 bridgehead atoms. The highest BCUT2D eigenvalue weighted by Gasteiger charge is 2.25. The number of nitrogens with one attached hydrogen (secondary N) is 3. The molecule has 20 nitrogen and oxygen atoms in total. The largest absolute Gasteiger partial charge is 0.464 e.